The fourth-order valence-electron chi connectivity index (χ4n) is 3.51. The summed E-state index contributed by atoms with van der Waals surface area (Å²) in [7, 11) is 4.51. The highest BCUT2D eigenvalue weighted by molar-refractivity contribution is 7.97. The van der Waals surface area contributed by atoms with Crippen molar-refractivity contribution in [1.82, 2.24) is 24.2 Å². The largest absolute Gasteiger partial charge is 0.462 e. The van der Waals surface area contributed by atoms with Crippen molar-refractivity contribution in [3.8, 4) is 6.01 Å². The number of likely N-dealkylation sites (N-methyl/N-ethyl adjacent to an activating group) is 1. The molecule has 238 valence electrons. The minimum Gasteiger partial charge on any atom is -0.462 e. The van der Waals surface area contributed by atoms with Crippen LogP contribution in [0.1, 0.15) is 44.6 Å². The molecule has 2 unspecified atom stereocenters. The Morgan fingerprint density at radius 1 is 1.24 bits per heavy atom. The zero-order valence-corrected chi connectivity index (χ0v) is 27.4. The summed E-state index contributed by atoms with van der Waals surface area (Å²) >= 11 is 3.12. The minimum atomic E-state index is -0.639. The first-order valence-electron chi connectivity index (χ1n) is 13.7. The van der Waals surface area contributed by atoms with Crippen molar-refractivity contribution in [2.75, 3.05) is 65.2 Å². The molecular weight excluding hydrogens is 580 g/mol. The van der Waals surface area contributed by atoms with Crippen LogP contribution in [0, 0.1) is 5.92 Å². The smallest absolute Gasteiger partial charge is 0.316 e. The van der Waals surface area contributed by atoms with Gasteiger partial charge < -0.3 is 25.8 Å². The van der Waals surface area contributed by atoms with Gasteiger partial charge in [-0.25, -0.2) is 23.6 Å². The summed E-state index contributed by atoms with van der Waals surface area (Å²) in [5.41, 5.74) is 6.08. The summed E-state index contributed by atoms with van der Waals surface area (Å²) in [6.07, 6.45) is 12.0. The van der Waals surface area contributed by atoms with Gasteiger partial charge in [0.15, 0.2) is 5.13 Å². The second kappa shape index (κ2) is 23.9. The number of hydrogen-bond donors (Lipinski definition) is 3. The third-order valence-electron chi connectivity index (χ3n) is 5.66. The number of alkyl halides is 2. The van der Waals surface area contributed by atoms with Crippen LogP contribution in [-0.4, -0.2) is 89.5 Å². The van der Waals surface area contributed by atoms with E-state index in [0.717, 1.165) is 47.4 Å². The number of hydrogen-bond acceptors (Lipinski definition) is 11. The molecule has 1 aliphatic rings. The van der Waals surface area contributed by atoms with Crippen molar-refractivity contribution in [2.24, 2.45) is 5.92 Å². The second-order valence-electron chi connectivity index (χ2n) is 9.11. The van der Waals surface area contributed by atoms with E-state index >= 15 is 0 Å². The number of nitrogen functional groups attached to an aromatic ring is 1. The van der Waals surface area contributed by atoms with Gasteiger partial charge in [0.2, 0.25) is 0 Å². The number of aliphatic hydroxyl groups is 1. The molecule has 0 radical (unpaired) electrons. The molecule has 2 aromatic rings. The zero-order valence-electron chi connectivity index (χ0n) is 25.8. The number of thiazole rings is 1. The molecule has 2 atom stereocenters. The van der Waals surface area contributed by atoms with E-state index in [1.54, 1.807) is 24.9 Å². The fraction of sp³-hybridized carbons (Fsp3) is 0.552. The topological polar surface area (TPSA) is 113 Å². The Hall–Kier alpha value is -2.58. The SMILES string of the molecule is C/C=C\C(C)C(O)c1sc(NC2CCN(Sc3cnc(OCCN(C)C)nc3)CC2)nc1N.C/C=C\CF.C=C.CF. The number of rotatable bonds is 12. The maximum absolute atomic E-state index is 10.9. The molecule has 3 rings (SSSR count). The van der Waals surface area contributed by atoms with Crippen molar-refractivity contribution in [3.05, 3.63) is 54.7 Å². The fourth-order valence-corrected chi connectivity index (χ4v) is 5.47. The molecule has 0 aliphatic carbocycles. The molecular formula is C29H49F2N7O2S2. The standard InChI is InChI=1S/C22H35N7O2S2.C4H7F.C2H4.CH3F/c1-5-6-15(2)18(30)19-20(23)27-22(32-19)26-16-7-9-29(10-8-16)33-17-13-24-21(25-14-17)31-12-11-28(3)4;1-2-3-4-5;2*1-2/h5-6,13-16,18,30H,7-12,23H2,1-4H3,(H,26,27);2-3H,4H2,1H3;1-2H2;1H3/b6-5-;3-2-;;. The van der Waals surface area contributed by atoms with Crippen LogP contribution in [-0.2, 0) is 0 Å². The van der Waals surface area contributed by atoms with Crippen molar-refractivity contribution < 1.29 is 18.6 Å². The number of nitrogens with two attached hydrogens (primary N) is 1. The highest BCUT2D eigenvalue weighted by atomic mass is 32.2. The van der Waals surface area contributed by atoms with Gasteiger partial charge in [-0.2, -0.15) is 0 Å². The van der Waals surface area contributed by atoms with Crippen LogP contribution in [0.15, 0.2) is 54.8 Å². The van der Waals surface area contributed by atoms with Crippen LogP contribution in [0.3, 0.4) is 0 Å². The van der Waals surface area contributed by atoms with E-state index in [1.165, 1.54) is 17.4 Å². The third kappa shape index (κ3) is 15.6. The van der Waals surface area contributed by atoms with Crippen LogP contribution in [0.2, 0.25) is 0 Å². The Morgan fingerprint density at radius 3 is 2.36 bits per heavy atom. The first-order valence-corrected chi connectivity index (χ1v) is 15.3. The Labute approximate surface area is 259 Å². The molecule has 0 saturated carbocycles. The normalized spacial score (nSPS) is 15.2. The Kier molecular flexibility index (Phi) is 22.5. The summed E-state index contributed by atoms with van der Waals surface area (Å²) in [5, 5.41) is 14.8. The summed E-state index contributed by atoms with van der Waals surface area (Å²) in [5.74, 6) is 0.405. The van der Waals surface area contributed by atoms with E-state index < -0.39 is 6.10 Å². The number of allylic oxidation sites excluding steroid dienone is 3. The van der Waals surface area contributed by atoms with E-state index in [0.29, 0.717) is 31.7 Å². The number of ether oxygens (including phenoxy) is 1. The predicted octanol–water partition coefficient (Wildman–Crippen LogP) is 6.20. The van der Waals surface area contributed by atoms with Crippen LogP contribution in [0.5, 0.6) is 6.01 Å². The molecule has 2 aromatic heterocycles. The van der Waals surface area contributed by atoms with Gasteiger partial charge in [0.1, 0.15) is 19.1 Å². The van der Waals surface area contributed by atoms with Crippen molar-refractivity contribution in [2.45, 2.75) is 50.7 Å². The molecule has 42 heavy (non-hydrogen) atoms. The lowest BCUT2D eigenvalue weighted by Gasteiger charge is -2.31. The van der Waals surface area contributed by atoms with Crippen LogP contribution in [0.4, 0.5) is 19.7 Å². The van der Waals surface area contributed by atoms with Gasteiger partial charge >= 0.3 is 6.01 Å². The maximum atomic E-state index is 10.9. The molecule has 0 amide bonds. The van der Waals surface area contributed by atoms with Crippen LogP contribution < -0.4 is 15.8 Å². The highest BCUT2D eigenvalue weighted by Gasteiger charge is 2.24. The molecule has 0 bridgehead atoms. The average molecular weight is 630 g/mol. The van der Waals surface area contributed by atoms with Gasteiger partial charge in [0.25, 0.3) is 0 Å². The van der Waals surface area contributed by atoms with E-state index in [9.17, 15) is 13.9 Å². The number of anilines is 2. The molecule has 1 aliphatic heterocycles. The van der Waals surface area contributed by atoms with Gasteiger partial charge in [0, 0.05) is 44.0 Å². The quantitative estimate of drug-likeness (QED) is 0.185. The molecule has 0 aromatic carbocycles. The predicted molar refractivity (Wildman–Crippen MR) is 175 cm³/mol. The van der Waals surface area contributed by atoms with Gasteiger partial charge in [-0.3, -0.25) is 4.39 Å². The van der Waals surface area contributed by atoms with Crippen molar-refractivity contribution >= 4 is 34.2 Å². The van der Waals surface area contributed by atoms with Gasteiger partial charge in [0.05, 0.1) is 23.1 Å². The number of nitrogens with zero attached hydrogens (tertiary/aromatic N) is 5. The van der Waals surface area contributed by atoms with E-state index in [-0.39, 0.29) is 12.6 Å². The average Bonchev–Trinajstić information content (AvgIpc) is 3.37. The van der Waals surface area contributed by atoms with Crippen molar-refractivity contribution in [1.29, 1.82) is 0 Å². The van der Waals surface area contributed by atoms with E-state index in [1.807, 2.05) is 52.5 Å². The maximum Gasteiger partial charge on any atom is 0.316 e. The van der Waals surface area contributed by atoms with Gasteiger partial charge in [-0.15, -0.1) is 13.2 Å². The molecule has 3 heterocycles. The molecule has 1 saturated heterocycles. The number of aromatic nitrogens is 3. The number of aliphatic hydroxyl groups excluding tert-OH is 1. The van der Waals surface area contributed by atoms with E-state index in [2.05, 4.69) is 42.6 Å². The Balaban J connectivity index is 0.00000166. The second-order valence-corrected chi connectivity index (χ2v) is 11.3. The summed E-state index contributed by atoms with van der Waals surface area (Å²) < 4.78 is 28.3. The lowest BCUT2D eigenvalue weighted by molar-refractivity contribution is 0.144. The summed E-state index contributed by atoms with van der Waals surface area (Å²) in [6.45, 7) is 14.7. The molecule has 4 N–H and O–H groups in total. The third-order valence-corrected chi connectivity index (χ3v) is 7.78. The lowest BCUT2D eigenvalue weighted by atomic mass is 10.0. The molecule has 9 nitrogen and oxygen atoms in total. The Bertz CT molecular complexity index is 1000. The van der Waals surface area contributed by atoms with Crippen LogP contribution in [0.25, 0.3) is 0 Å². The van der Waals surface area contributed by atoms with E-state index in [4.69, 9.17) is 10.5 Å². The van der Waals surface area contributed by atoms with Gasteiger partial charge in [-0.05, 0) is 52.7 Å². The summed E-state index contributed by atoms with van der Waals surface area (Å²) in [4.78, 5) is 16.8. The van der Waals surface area contributed by atoms with Crippen LogP contribution >= 0.6 is 23.3 Å². The molecule has 1 fully saturated rings. The number of piperidine rings is 1. The van der Waals surface area contributed by atoms with Gasteiger partial charge in [-0.1, -0.05) is 42.6 Å². The zero-order chi connectivity index (χ0) is 31.9. The first-order chi connectivity index (χ1) is 20.3. The highest BCUT2D eigenvalue weighted by Crippen LogP contribution is 2.36. The number of halogens is 2. The lowest BCUT2D eigenvalue weighted by Crippen LogP contribution is -2.35. The molecule has 13 heteroatoms. The van der Waals surface area contributed by atoms with Crippen molar-refractivity contribution in [3.63, 3.8) is 0 Å². The Morgan fingerprint density at radius 2 is 1.86 bits per heavy atom. The monoisotopic (exact) mass is 629 g/mol. The first kappa shape index (κ1) is 39.4. The summed E-state index contributed by atoms with van der Waals surface area (Å²) in [6, 6.07) is 0.741. The number of nitrogens with one attached hydrogen (secondary N) is 1. The molecule has 0 spiro atoms. The minimum absolute atomic E-state index is 0.00600.